The summed E-state index contributed by atoms with van der Waals surface area (Å²) in [5.74, 6) is -0.201. The highest BCUT2D eigenvalue weighted by Gasteiger charge is 2.32. The van der Waals surface area contributed by atoms with Gasteiger partial charge in [0, 0.05) is 24.7 Å². The number of thiophene rings is 1. The van der Waals surface area contributed by atoms with Crippen molar-refractivity contribution in [2.45, 2.75) is 18.9 Å². The molecule has 118 valence electrons. The van der Waals surface area contributed by atoms with Crippen LogP contribution in [0.1, 0.15) is 34.1 Å². The standard InChI is InChI=1S/C16H16N4O2S/c1-19-15-10(9-18-19)14(21)11(8-17-15)16(22)20-6-2-4-12(20)13-5-3-7-23-13/h3,5,7-9,12H,2,4,6H2,1H3,(H,17,21)/t12-/m1/s1. The van der Waals surface area contributed by atoms with Crippen LogP contribution in [0.3, 0.4) is 0 Å². The number of fused-ring (bicyclic) bond motifs is 1. The lowest BCUT2D eigenvalue weighted by atomic mass is 10.1. The lowest BCUT2D eigenvalue weighted by Gasteiger charge is -2.23. The molecule has 1 amide bonds. The van der Waals surface area contributed by atoms with Crippen molar-refractivity contribution in [2.75, 3.05) is 6.54 Å². The summed E-state index contributed by atoms with van der Waals surface area (Å²) in [6.45, 7) is 0.686. The number of nitrogens with zero attached hydrogens (tertiary/aromatic N) is 3. The van der Waals surface area contributed by atoms with Crippen molar-refractivity contribution in [3.63, 3.8) is 0 Å². The molecule has 3 aromatic rings. The van der Waals surface area contributed by atoms with Gasteiger partial charge in [-0.05, 0) is 24.3 Å². The SMILES string of the molecule is Cn1ncc2c(=O)c(C(=O)N3CCC[C@@H]3c3cccs3)c[nH]c21. The van der Waals surface area contributed by atoms with Crippen LogP contribution >= 0.6 is 11.3 Å². The number of hydrogen-bond donors (Lipinski definition) is 1. The minimum Gasteiger partial charge on any atom is -0.345 e. The molecule has 4 rings (SSSR count). The van der Waals surface area contributed by atoms with Gasteiger partial charge in [-0.3, -0.25) is 14.3 Å². The number of rotatable bonds is 2. The second-order valence-corrected chi connectivity index (χ2v) is 6.71. The van der Waals surface area contributed by atoms with Crippen molar-refractivity contribution in [1.82, 2.24) is 19.7 Å². The number of carbonyl (C=O) groups is 1. The van der Waals surface area contributed by atoms with E-state index in [9.17, 15) is 9.59 Å². The first kappa shape index (κ1) is 14.2. The van der Waals surface area contributed by atoms with E-state index < -0.39 is 0 Å². The molecule has 0 radical (unpaired) electrons. The van der Waals surface area contributed by atoms with Crippen LogP contribution in [0.4, 0.5) is 0 Å². The lowest BCUT2D eigenvalue weighted by molar-refractivity contribution is 0.0736. The normalized spacial score (nSPS) is 18.0. The zero-order valence-electron chi connectivity index (χ0n) is 12.7. The number of aromatic nitrogens is 3. The van der Waals surface area contributed by atoms with E-state index in [1.807, 2.05) is 16.3 Å². The van der Waals surface area contributed by atoms with E-state index in [2.05, 4.69) is 16.1 Å². The van der Waals surface area contributed by atoms with E-state index in [1.165, 1.54) is 17.3 Å². The molecule has 3 aromatic heterocycles. The maximum Gasteiger partial charge on any atom is 0.259 e. The Kier molecular flexibility index (Phi) is 3.30. The van der Waals surface area contributed by atoms with Crippen molar-refractivity contribution in [1.29, 1.82) is 0 Å². The third-order valence-electron chi connectivity index (χ3n) is 4.40. The van der Waals surface area contributed by atoms with Crippen molar-refractivity contribution in [3.8, 4) is 0 Å². The Bertz CT molecular complexity index is 925. The van der Waals surface area contributed by atoms with E-state index in [0.717, 1.165) is 12.8 Å². The van der Waals surface area contributed by atoms with E-state index in [-0.39, 0.29) is 22.9 Å². The summed E-state index contributed by atoms with van der Waals surface area (Å²) < 4.78 is 1.59. The molecule has 4 heterocycles. The summed E-state index contributed by atoms with van der Waals surface area (Å²) in [5.41, 5.74) is 0.561. The predicted octanol–water partition coefficient (Wildman–Crippen LogP) is 2.30. The predicted molar refractivity (Wildman–Crippen MR) is 88.7 cm³/mol. The molecule has 1 aliphatic rings. The number of aryl methyl sites for hydroxylation is 1. The minimum atomic E-state index is -0.256. The number of pyridine rings is 1. The van der Waals surface area contributed by atoms with Gasteiger partial charge in [-0.1, -0.05) is 6.07 Å². The van der Waals surface area contributed by atoms with Gasteiger partial charge >= 0.3 is 0 Å². The molecule has 0 spiro atoms. The zero-order chi connectivity index (χ0) is 16.0. The molecule has 1 N–H and O–H groups in total. The van der Waals surface area contributed by atoms with E-state index in [0.29, 0.717) is 17.6 Å². The number of aromatic amines is 1. The second kappa shape index (κ2) is 5.34. The van der Waals surface area contributed by atoms with Crippen LogP contribution in [-0.4, -0.2) is 32.1 Å². The number of hydrogen-bond acceptors (Lipinski definition) is 4. The fourth-order valence-electron chi connectivity index (χ4n) is 3.23. The van der Waals surface area contributed by atoms with Gasteiger partial charge in [0.05, 0.1) is 17.6 Å². The third kappa shape index (κ3) is 2.19. The van der Waals surface area contributed by atoms with E-state index >= 15 is 0 Å². The number of H-pyrrole nitrogens is 1. The Hall–Kier alpha value is -2.41. The van der Waals surface area contributed by atoms with Crippen molar-refractivity contribution in [3.05, 3.63) is 50.6 Å². The first-order valence-electron chi connectivity index (χ1n) is 7.54. The highest BCUT2D eigenvalue weighted by molar-refractivity contribution is 7.10. The summed E-state index contributed by atoms with van der Waals surface area (Å²) in [4.78, 5) is 31.5. The van der Waals surface area contributed by atoms with Gasteiger partial charge in [-0.2, -0.15) is 5.10 Å². The fourth-order valence-corrected chi connectivity index (χ4v) is 4.10. The Labute approximate surface area is 136 Å². The molecule has 1 atom stereocenters. The summed E-state index contributed by atoms with van der Waals surface area (Å²) in [5, 5.41) is 6.54. The Morgan fingerprint density at radius 1 is 1.48 bits per heavy atom. The highest BCUT2D eigenvalue weighted by Crippen LogP contribution is 2.35. The van der Waals surface area contributed by atoms with Gasteiger partial charge in [-0.15, -0.1) is 11.3 Å². The number of amides is 1. The quantitative estimate of drug-likeness (QED) is 0.784. The fraction of sp³-hybridized carbons (Fsp3) is 0.312. The first-order chi connectivity index (χ1) is 11.2. The molecule has 0 bridgehead atoms. The molecule has 23 heavy (non-hydrogen) atoms. The van der Waals surface area contributed by atoms with Gasteiger partial charge in [-0.25, -0.2) is 0 Å². The summed E-state index contributed by atoms with van der Waals surface area (Å²) in [6, 6.07) is 4.12. The average Bonchev–Trinajstić information content (AvgIpc) is 3.27. The van der Waals surface area contributed by atoms with Crippen LogP contribution in [0.5, 0.6) is 0 Å². The topological polar surface area (TPSA) is 71.0 Å². The highest BCUT2D eigenvalue weighted by atomic mass is 32.1. The van der Waals surface area contributed by atoms with Crippen LogP contribution < -0.4 is 5.43 Å². The second-order valence-electron chi connectivity index (χ2n) is 5.73. The van der Waals surface area contributed by atoms with Crippen LogP contribution in [0.2, 0.25) is 0 Å². The Balaban J connectivity index is 1.74. The van der Waals surface area contributed by atoms with E-state index in [4.69, 9.17) is 0 Å². The zero-order valence-corrected chi connectivity index (χ0v) is 13.5. The first-order valence-corrected chi connectivity index (χ1v) is 8.42. The third-order valence-corrected chi connectivity index (χ3v) is 5.37. The Morgan fingerprint density at radius 3 is 3.13 bits per heavy atom. The molecular formula is C16H16N4O2S. The van der Waals surface area contributed by atoms with Gasteiger partial charge in [0.2, 0.25) is 5.43 Å². The van der Waals surface area contributed by atoms with Gasteiger partial charge in [0.25, 0.3) is 5.91 Å². The lowest BCUT2D eigenvalue weighted by Crippen LogP contribution is -2.33. The largest absolute Gasteiger partial charge is 0.345 e. The molecular weight excluding hydrogens is 312 g/mol. The number of nitrogens with one attached hydrogen (secondary N) is 1. The maximum atomic E-state index is 12.9. The number of carbonyl (C=O) groups excluding carboxylic acids is 1. The van der Waals surface area contributed by atoms with Crippen LogP contribution in [-0.2, 0) is 7.05 Å². The molecule has 1 aliphatic heterocycles. The van der Waals surface area contributed by atoms with Crippen molar-refractivity contribution in [2.24, 2.45) is 7.05 Å². The van der Waals surface area contributed by atoms with Crippen LogP contribution in [0, 0.1) is 0 Å². The molecule has 6 nitrogen and oxygen atoms in total. The van der Waals surface area contributed by atoms with Crippen LogP contribution in [0.15, 0.2) is 34.7 Å². The summed E-state index contributed by atoms with van der Waals surface area (Å²) in [6.07, 6.45) is 4.92. The van der Waals surface area contributed by atoms with Crippen molar-refractivity contribution >= 4 is 28.3 Å². The summed E-state index contributed by atoms with van der Waals surface area (Å²) in [7, 11) is 1.76. The van der Waals surface area contributed by atoms with Crippen LogP contribution in [0.25, 0.3) is 11.0 Å². The molecule has 0 aromatic carbocycles. The van der Waals surface area contributed by atoms with Gasteiger partial charge in [0.15, 0.2) is 0 Å². The van der Waals surface area contributed by atoms with Gasteiger partial charge < -0.3 is 9.88 Å². The molecule has 1 fully saturated rings. The monoisotopic (exact) mass is 328 g/mol. The molecule has 0 aliphatic carbocycles. The average molecular weight is 328 g/mol. The molecule has 0 unspecified atom stereocenters. The smallest absolute Gasteiger partial charge is 0.259 e. The number of likely N-dealkylation sites (tertiary alicyclic amines) is 1. The van der Waals surface area contributed by atoms with Gasteiger partial charge in [0.1, 0.15) is 11.2 Å². The molecule has 0 saturated carbocycles. The van der Waals surface area contributed by atoms with Crippen molar-refractivity contribution < 1.29 is 4.79 Å². The Morgan fingerprint density at radius 2 is 2.35 bits per heavy atom. The van der Waals surface area contributed by atoms with E-state index in [1.54, 1.807) is 23.1 Å². The summed E-state index contributed by atoms with van der Waals surface area (Å²) >= 11 is 1.65. The minimum absolute atomic E-state index is 0.0755. The molecule has 7 heteroatoms. The maximum absolute atomic E-state index is 12.9. The molecule has 1 saturated heterocycles.